The Labute approximate surface area is 78.0 Å². The minimum absolute atomic E-state index is 0.0848. The van der Waals surface area contributed by atoms with E-state index in [0.717, 1.165) is 24.8 Å². The fourth-order valence-corrected chi connectivity index (χ4v) is 1.49. The molecule has 0 fully saturated rings. The first-order valence-electron chi connectivity index (χ1n) is 4.06. The van der Waals surface area contributed by atoms with Crippen LogP contribution >= 0.6 is 0 Å². The van der Waals surface area contributed by atoms with Gasteiger partial charge in [-0.1, -0.05) is 13.3 Å². The van der Waals surface area contributed by atoms with Crippen molar-refractivity contribution in [1.29, 1.82) is 0 Å². The molecule has 0 saturated carbocycles. The molecule has 1 rings (SSSR count). The van der Waals surface area contributed by atoms with Gasteiger partial charge in [0.25, 0.3) is 0 Å². The molecule has 0 spiro atoms. The van der Waals surface area contributed by atoms with Crippen LogP contribution in [0.4, 0.5) is 0 Å². The summed E-state index contributed by atoms with van der Waals surface area (Å²) in [5.74, 6) is 0. The van der Waals surface area contributed by atoms with Gasteiger partial charge in [-0.3, -0.25) is 0 Å². The van der Waals surface area contributed by atoms with E-state index in [1.54, 1.807) is 6.07 Å². The predicted molar refractivity (Wildman–Crippen MR) is 49.1 cm³/mol. The van der Waals surface area contributed by atoms with Gasteiger partial charge in [-0.25, -0.2) is 18.4 Å². The Hall–Kier alpha value is -0.970. The summed E-state index contributed by atoms with van der Waals surface area (Å²) < 4.78 is 22.1. The van der Waals surface area contributed by atoms with Crippen LogP contribution in [0.5, 0.6) is 0 Å². The highest BCUT2D eigenvalue weighted by Gasteiger charge is 2.10. The average Bonchev–Trinajstić information content (AvgIpc) is 2.04. The van der Waals surface area contributed by atoms with Gasteiger partial charge in [0, 0.05) is 18.1 Å². The maximum absolute atomic E-state index is 11.1. The fourth-order valence-electron chi connectivity index (χ4n) is 0.950. The molecular formula is C8H12N2O2S. The topological polar surface area (TPSA) is 59.9 Å². The third-order valence-corrected chi connectivity index (χ3v) is 2.39. The minimum atomic E-state index is -3.27. The van der Waals surface area contributed by atoms with Crippen LogP contribution in [0, 0.1) is 0 Å². The molecule has 0 aromatic carbocycles. The third-order valence-electron chi connectivity index (χ3n) is 1.53. The quantitative estimate of drug-likeness (QED) is 0.678. The van der Waals surface area contributed by atoms with Crippen molar-refractivity contribution in [2.45, 2.75) is 24.9 Å². The lowest BCUT2D eigenvalue weighted by atomic mass is 10.2. The molecule has 0 saturated heterocycles. The Kier molecular flexibility index (Phi) is 2.98. The number of nitrogens with zero attached hydrogens (tertiary/aromatic N) is 2. The normalized spacial score (nSPS) is 11.5. The summed E-state index contributed by atoms with van der Waals surface area (Å²) in [6.45, 7) is 2.02. The molecule has 0 bridgehead atoms. The molecule has 13 heavy (non-hydrogen) atoms. The van der Waals surface area contributed by atoms with Gasteiger partial charge in [-0.05, 0) is 12.5 Å². The molecular weight excluding hydrogens is 188 g/mol. The molecule has 0 aliphatic heterocycles. The third kappa shape index (κ3) is 2.77. The Morgan fingerprint density at radius 3 is 2.69 bits per heavy atom. The molecule has 5 heteroatoms. The molecule has 1 heterocycles. The molecule has 0 atom stereocenters. The largest absolute Gasteiger partial charge is 0.246 e. The number of hydrogen-bond donors (Lipinski definition) is 0. The molecule has 0 aliphatic carbocycles. The molecule has 0 aliphatic rings. The van der Waals surface area contributed by atoms with E-state index >= 15 is 0 Å². The first kappa shape index (κ1) is 10.1. The Balaban J connectivity index is 3.06. The van der Waals surface area contributed by atoms with Crippen LogP contribution in [0.15, 0.2) is 17.4 Å². The molecule has 0 unspecified atom stereocenters. The van der Waals surface area contributed by atoms with E-state index in [0.29, 0.717) is 0 Å². The van der Waals surface area contributed by atoms with E-state index in [1.807, 2.05) is 6.92 Å². The van der Waals surface area contributed by atoms with Gasteiger partial charge in [0.15, 0.2) is 0 Å². The lowest BCUT2D eigenvalue weighted by molar-refractivity contribution is 0.591. The van der Waals surface area contributed by atoms with Crippen LogP contribution in [0.25, 0.3) is 0 Å². The fraction of sp³-hybridized carbons (Fsp3) is 0.500. The highest BCUT2D eigenvalue weighted by atomic mass is 32.2. The van der Waals surface area contributed by atoms with Gasteiger partial charge in [-0.2, -0.15) is 0 Å². The summed E-state index contributed by atoms with van der Waals surface area (Å²) in [6, 6.07) is 1.73. The number of sulfone groups is 1. The van der Waals surface area contributed by atoms with Crippen molar-refractivity contribution in [3.63, 3.8) is 0 Å². The van der Waals surface area contributed by atoms with E-state index in [-0.39, 0.29) is 5.16 Å². The van der Waals surface area contributed by atoms with Gasteiger partial charge in [0.1, 0.15) is 0 Å². The van der Waals surface area contributed by atoms with Gasteiger partial charge in [0.05, 0.1) is 0 Å². The summed E-state index contributed by atoms with van der Waals surface area (Å²) >= 11 is 0. The molecule has 0 amide bonds. The summed E-state index contributed by atoms with van der Waals surface area (Å²) in [6.07, 6.45) is 4.32. The van der Waals surface area contributed by atoms with E-state index in [1.165, 1.54) is 6.20 Å². The second-order valence-electron chi connectivity index (χ2n) is 2.85. The second-order valence-corrected chi connectivity index (χ2v) is 4.76. The monoisotopic (exact) mass is 200 g/mol. The minimum Gasteiger partial charge on any atom is -0.227 e. The molecule has 4 nitrogen and oxygen atoms in total. The summed E-state index contributed by atoms with van der Waals surface area (Å²) in [4.78, 5) is 7.63. The van der Waals surface area contributed by atoms with E-state index < -0.39 is 9.84 Å². The molecule has 1 aromatic rings. The van der Waals surface area contributed by atoms with E-state index in [2.05, 4.69) is 9.97 Å². The van der Waals surface area contributed by atoms with Gasteiger partial charge >= 0.3 is 0 Å². The van der Waals surface area contributed by atoms with Crippen molar-refractivity contribution < 1.29 is 8.42 Å². The summed E-state index contributed by atoms with van der Waals surface area (Å²) in [5.41, 5.74) is 0.776. The van der Waals surface area contributed by atoms with Crippen LogP contribution in [0.1, 0.15) is 19.0 Å². The molecule has 72 valence electrons. The van der Waals surface area contributed by atoms with Gasteiger partial charge in [0.2, 0.25) is 15.0 Å². The first-order chi connectivity index (χ1) is 6.04. The maximum Gasteiger partial charge on any atom is 0.246 e. The van der Waals surface area contributed by atoms with Crippen LogP contribution in [0.3, 0.4) is 0 Å². The predicted octanol–water partition coefficient (Wildman–Crippen LogP) is 0.833. The number of aromatic nitrogens is 2. The van der Waals surface area contributed by atoms with Gasteiger partial charge in [-0.15, -0.1) is 0 Å². The Morgan fingerprint density at radius 1 is 1.46 bits per heavy atom. The number of hydrogen-bond acceptors (Lipinski definition) is 4. The lowest BCUT2D eigenvalue weighted by Crippen LogP contribution is -2.05. The van der Waals surface area contributed by atoms with Crippen molar-refractivity contribution in [3.8, 4) is 0 Å². The average molecular weight is 200 g/mol. The van der Waals surface area contributed by atoms with Crippen LogP contribution in [0.2, 0.25) is 0 Å². The zero-order chi connectivity index (χ0) is 9.90. The smallest absolute Gasteiger partial charge is 0.227 e. The standard InChI is InChI=1S/C8H12N2O2S/c1-3-4-7-5-6-9-8(10-7)13(2,11)12/h5-6H,3-4H2,1-2H3. The Morgan fingerprint density at radius 2 is 2.15 bits per heavy atom. The van der Waals surface area contributed by atoms with Crippen molar-refractivity contribution >= 4 is 9.84 Å². The number of aryl methyl sites for hydroxylation is 1. The number of rotatable bonds is 3. The zero-order valence-corrected chi connectivity index (χ0v) is 8.50. The van der Waals surface area contributed by atoms with Crippen LogP contribution < -0.4 is 0 Å². The molecule has 0 radical (unpaired) electrons. The highest BCUT2D eigenvalue weighted by molar-refractivity contribution is 7.90. The Bertz CT molecular complexity index is 387. The van der Waals surface area contributed by atoms with E-state index in [4.69, 9.17) is 0 Å². The van der Waals surface area contributed by atoms with Crippen LogP contribution in [-0.2, 0) is 16.3 Å². The molecule has 0 N–H and O–H groups in total. The van der Waals surface area contributed by atoms with Crippen molar-refractivity contribution in [2.24, 2.45) is 0 Å². The van der Waals surface area contributed by atoms with Crippen molar-refractivity contribution in [1.82, 2.24) is 9.97 Å². The first-order valence-corrected chi connectivity index (χ1v) is 5.95. The zero-order valence-electron chi connectivity index (χ0n) is 7.69. The van der Waals surface area contributed by atoms with Crippen LogP contribution in [-0.4, -0.2) is 24.6 Å². The maximum atomic E-state index is 11.1. The highest BCUT2D eigenvalue weighted by Crippen LogP contribution is 2.03. The SMILES string of the molecule is CCCc1ccnc(S(C)(=O)=O)n1. The van der Waals surface area contributed by atoms with Gasteiger partial charge < -0.3 is 0 Å². The second kappa shape index (κ2) is 3.83. The summed E-state index contributed by atoms with van der Waals surface area (Å²) in [5, 5.41) is -0.0848. The van der Waals surface area contributed by atoms with Crippen molar-refractivity contribution in [2.75, 3.05) is 6.26 Å². The summed E-state index contributed by atoms with van der Waals surface area (Å²) in [7, 11) is -3.27. The van der Waals surface area contributed by atoms with Crippen molar-refractivity contribution in [3.05, 3.63) is 18.0 Å². The van der Waals surface area contributed by atoms with E-state index in [9.17, 15) is 8.42 Å². The lowest BCUT2D eigenvalue weighted by Gasteiger charge is -1.99. The molecule has 1 aromatic heterocycles.